The van der Waals surface area contributed by atoms with E-state index in [4.69, 9.17) is 9.47 Å². The average molecular weight is 450 g/mol. The average Bonchev–Trinajstić information content (AvgIpc) is 2.96. The highest BCUT2D eigenvalue weighted by Crippen LogP contribution is 2.44. The number of benzene rings is 2. The molecule has 0 saturated carbocycles. The fourth-order valence-electron chi connectivity index (χ4n) is 4.22. The third-order valence-corrected chi connectivity index (χ3v) is 5.89. The second kappa shape index (κ2) is 10.3. The van der Waals surface area contributed by atoms with Crippen LogP contribution < -0.4 is 5.32 Å². The molecule has 2 aliphatic rings. The Bertz CT molecular complexity index is 1020. The van der Waals surface area contributed by atoms with E-state index < -0.39 is 18.0 Å². The highest BCUT2D eigenvalue weighted by atomic mass is 16.5. The summed E-state index contributed by atoms with van der Waals surface area (Å²) in [6.07, 6.45) is 2.28. The number of carboxylic acids is 1. The number of fused-ring (bicyclic) bond motifs is 3. The predicted octanol–water partition coefficient (Wildman–Crippen LogP) is 2.64. The van der Waals surface area contributed by atoms with Crippen molar-refractivity contribution in [3.05, 3.63) is 71.8 Å². The van der Waals surface area contributed by atoms with Crippen molar-refractivity contribution in [2.45, 2.75) is 5.92 Å². The van der Waals surface area contributed by atoms with Gasteiger partial charge < -0.3 is 24.8 Å². The molecule has 0 spiro atoms. The maximum absolute atomic E-state index is 12.3. The molecule has 2 aromatic carbocycles. The van der Waals surface area contributed by atoms with E-state index in [1.54, 1.807) is 0 Å². The zero-order chi connectivity index (χ0) is 23.2. The molecule has 1 saturated heterocycles. The fraction of sp³-hybridized carbons (Fsp3) is 0.320. The Morgan fingerprint density at radius 3 is 2.42 bits per heavy atom. The summed E-state index contributed by atoms with van der Waals surface area (Å²) in [5.74, 6) is -2.08. The Balaban J connectivity index is 1.26. The van der Waals surface area contributed by atoms with Crippen LogP contribution >= 0.6 is 0 Å². The van der Waals surface area contributed by atoms with Crippen LogP contribution in [0, 0.1) is 5.92 Å². The second-order valence-electron chi connectivity index (χ2n) is 8.00. The molecule has 0 bridgehead atoms. The molecule has 2 N–H and O–H groups in total. The number of carbonyl (C=O) groups excluding carboxylic acids is 2. The van der Waals surface area contributed by atoms with Gasteiger partial charge in [-0.1, -0.05) is 54.6 Å². The zero-order valence-corrected chi connectivity index (χ0v) is 18.1. The molecule has 2 aromatic rings. The van der Waals surface area contributed by atoms with Gasteiger partial charge in [-0.05, 0) is 22.3 Å². The summed E-state index contributed by atoms with van der Waals surface area (Å²) >= 11 is 0. The number of nitrogens with one attached hydrogen (secondary N) is 1. The normalized spacial score (nSPS) is 17.8. The topological polar surface area (TPSA) is 105 Å². The molecule has 1 atom stereocenters. The summed E-state index contributed by atoms with van der Waals surface area (Å²) in [7, 11) is 0. The smallest absolute Gasteiger partial charge is 0.407 e. The fourth-order valence-corrected chi connectivity index (χ4v) is 4.22. The number of carbonyl (C=O) groups is 3. The minimum atomic E-state index is -0.990. The maximum Gasteiger partial charge on any atom is 0.407 e. The van der Waals surface area contributed by atoms with Gasteiger partial charge in [0.15, 0.2) is 0 Å². The highest BCUT2D eigenvalue weighted by molar-refractivity contribution is 5.88. The van der Waals surface area contributed by atoms with Gasteiger partial charge in [0, 0.05) is 31.6 Å². The molecule has 1 aliphatic carbocycles. The minimum Gasteiger partial charge on any atom is -0.481 e. The lowest BCUT2D eigenvalue weighted by atomic mass is 9.98. The van der Waals surface area contributed by atoms with Crippen LogP contribution in [0.4, 0.5) is 4.79 Å². The van der Waals surface area contributed by atoms with Gasteiger partial charge in [-0.2, -0.15) is 0 Å². The SMILES string of the molecule is O=C(NC/C=C/C(=O)N1CCOCC(C(=O)O)C1)OCC1c2ccccc2-c2ccccc21. The van der Waals surface area contributed by atoms with Crippen LogP contribution in [0.3, 0.4) is 0 Å². The van der Waals surface area contributed by atoms with Crippen molar-refractivity contribution >= 4 is 18.0 Å². The van der Waals surface area contributed by atoms with Crippen molar-refractivity contribution in [1.29, 1.82) is 0 Å². The first-order chi connectivity index (χ1) is 16.0. The molecule has 1 fully saturated rings. The molecule has 1 aliphatic heterocycles. The first-order valence-electron chi connectivity index (χ1n) is 10.9. The van der Waals surface area contributed by atoms with E-state index in [0.29, 0.717) is 13.2 Å². The lowest BCUT2D eigenvalue weighted by Crippen LogP contribution is -2.37. The van der Waals surface area contributed by atoms with Gasteiger partial charge in [0.25, 0.3) is 0 Å². The van der Waals surface area contributed by atoms with Gasteiger partial charge in [0.05, 0.1) is 19.1 Å². The lowest BCUT2D eigenvalue weighted by Gasteiger charge is -2.20. The van der Waals surface area contributed by atoms with E-state index in [0.717, 1.165) is 22.3 Å². The van der Waals surface area contributed by atoms with E-state index in [1.165, 1.54) is 17.1 Å². The summed E-state index contributed by atoms with van der Waals surface area (Å²) in [6.45, 7) is 1.14. The summed E-state index contributed by atoms with van der Waals surface area (Å²) in [5.41, 5.74) is 4.59. The molecule has 172 valence electrons. The maximum atomic E-state index is 12.3. The van der Waals surface area contributed by atoms with Gasteiger partial charge >= 0.3 is 12.1 Å². The summed E-state index contributed by atoms with van der Waals surface area (Å²) in [5, 5.41) is 11.8. The van der Waals surface area contributed by atoms with Crippen molar-refractivity contribution in [3.8, 4) is 11.1 Å². The van der Waals surface area contributed by atoms with Gasteiger partial charge in [0.2, 0.25) is 5.91 Å². The monoisotopic (exact) mass is 450 g/mol. The molecular formula is C25H26N2O6. The number of ether oxygens (including phenoxy) is 2. The molecule has 1 heterocycles. The van der Waals surface area contributed by atoms with Crippen molar-refractivity contribution in [2.75, 3.05) is 39.5 Å². The van der Waals surface area contributed by atoms with Crippen LogP contribution in [0.2, 0.25) is 0 Å². The number of hydrogen-bond donors (Lipinski definition) is 2. The largest absolute Gasteiger partial charge is 0.481 e. The number of rotatable bonds is 6. The van der Waals surface area contributed by atoms with Crippen molar-refractivity contribution in [3.63, 3.8) is 0 Å². The van der Waals surface area contributed by atoms with Crippen LogP contribution in [0.15, 0.2) is 60.7 Å². The molecule has 8 nitrogen and oxygen atoms in total. The van der Waals surface area contributed by atoms with Gasteiger partial charge in [-0.15, -0.1) is 0 Å². The van der Waals surface area contributed by atoms with Gasteiger partial charge in [0.1, 0.15) is 6.61 Å². The number of amides is 2. The Kier molecular flexibility index (Phi) is 7.04. The second-order valence-corrected chi connectivity index (χ2v) is 8.00. The molecule has 4 rings (SSSR count). The Hall–Kier alpha value is -3.65. The predicted molar refractivity (Wildman–Crippen MR) is 121 cm³/mol. The number of carboxylic acid groups (broad SMARTS) is 1. The molecule has 2 amide bonds. The van der Waals surface area contributed by atoms with E-state index in [-0.39, 0.29) is 38.1 Å². The van der Waals surface area contributed by atoms with Crippen molar-refractivity contribution < 1.29 is 29.0 Å². The standard InChI is InChI=1S/C25H26N2O6/c28-23(27-12-13-32-15-17(14-27)24(29)30)10-5-11-26-25(31)33-16-22-20-8-3-1-6-18(20)19-7-2-4-9-21(19)22/h1-10,17,22H,11-16H2,(H,26,31)(H,29,30)/b10-5+. The molecule has 0 radical (unpaired) electrons. The van der Waals surface area contributed by atoms with Crippen LogP contribution in [0.5, 0.6) is 0 Å². The van der Waals surface area contributed by atoms with E-state index in [9.17, 15) is 19.5 Å². The van der Waals surface area contributed by atoms with Crippen LogP contribution in [-0.4, -0.2) is 67.4 Å². The first kappa shape index (κ1) is 22.5. The van der Waals surface area contributed by atoms with Gasteiger partial charge in [-0.25, -0.2) is 4.79 Å². The van der Waals surface area contributed by atoms with Crippen molar-refractivity contribution in [2.24, 2.45) is 5.92 Å². The molecule has 0 aromatic heterocycles. The number of alkyl carbamates (subject to hydrolysis) is 1. The number of aliphatic carboxylic acids is 1. The Morgan fingerprint density at radius 2 is 1.76 bits per heavy atom. The zero-order valence-electron chi connectivity index (χ0n) is 18.1. The number of hydrogen-bond acceptors (Lipinski definition) is 5. The molecule has 1 unspecified atom stereocenters. The Morgan fingerprint density at radius 1 is 1.09 bits per heavy atom. The van der Waals surface area contributed by atoms with Gasteiger partial charge in [-0.3, -0.25) is 9.59 Å². The Labute approximate surface area is 191 Å². The third-order valence-electron chi connectivity index (χ3n) is 5.89. The van der Waals surface area contributed by atoms with Crippen LogP contribution in [0.25, 0.3) is 11.1 Å². The number of nitrogens with zero attached hydrogens (tertiary/aromatic N) is 1. The minimum absolute atomic E-state index is 0.0206. The van der Waals surface area contributed by atoms with E-state index >= 15 is 0 Å². The van der Waals surface area contributed by atoms with Crippen LogP contribution in [-0.2, 0) is 19.1 Å². The first-order valence-corrected chi connectivity index (χ1v) is 10.9. The molecule has 33 heavy (non-hydrogen) atoms. The highest BCUT2D eigenvalue weighted by Gasteiger charge is 2.29. The van der Waals surface area contributed by atoms with Crippen LogP contribution in [0.1, 0.15) is 17.0 Å². The van der Waals surface area contributed by atoms with E-state index in [1.807, 2.05) is 24.3 Å². The quantitative estimate of drug-likeness (QED) is 0.656. The summed E-state index contributed by atoms with van der Waals surface area (Å²) in [6, 6.07) is 16.2. The van der Waals surface area contributed by atoms with E-state index in [2.05, 4.69) is 29.6 Å². The summed E-state index contributed by atoms with van der Waals surface area (Å²) in [4.78, 5) is 37.2. The molecule has 8 heteroatoms. The van der Waals surface area contributed by atoms with Crippen molar-refractivity contribution in [1.82, 2.24) is 10.2 Å². The lowest BCUT2D eigenvalue weighted by molar-refractivity contribution is -0.144. The third kappa shape index (κ3) is 5.23. The molecular weight excluding hydrogens is 424 g/mol. The summed E-state index contributed by atoms with van der Waals surface area (Å²) < 4.78 is 10.7.